The van der Waals surface area contributed by atoms with Crippen molar-refractivity contribution in [2.24, 2.45) is 0 Å². The second-order valence-electron chi connectivity index (χ2n) is 3.66. The van der Waals surface area contributed by atoms with Crippen molar-refractivity contribution in [3.8, 4) is 0 Å². The SMILES string of the molecule is Cc1c[c-]c([N+](=O)[O-])cc1Nc1ccccc1.[Y]. The van der Waals surface area contributed by atoms with E-state index in [1.807, 2.05) is 37.3 Å². The van der Waals surface area contributed by atoms with E-state index in [1.54, 1.807) is 6.07 Å². The quantitative estimate of drug-likeness (QED) is 0.536. The number of benzene rings is 2. The van der Waals surface area contributed by atoms with Gasteiger partial charge in [-0.1, -0.05) is 36.9 Å². The average molecular weight is 316 g/mol. The Labute approximate surface area is 130 Å². The summed E-state index contributed by atoms with van der Waals surface area (Å²) in [7, 11) is 0. The van der Waals surface area contributed by atoms with Gasteiger partial charge in [-0.3, -0.25) is 10.1 Å². The van der Waals surface area contributed by atoms with E-state index in [1.165, 1.54) is 6.07 Å². The minimum atomic E-state index is -0.449. The van der Waals surface area contributed by atoms with Gasteiger partial charge in [0.05, 0.1) is 0 Å². The van der Waals surface area contributed by atoms with Crippen LogP contribution in [0.25, 0.3) is 0 Å². The number of nitrogens with one attached hydrogen (secondary N) is 1. The molecule has 0 fully saturated rings. The Morgan fingerprint density at radius 1 is 1.28 bits per heavy atom. The summed E-state index contributed by atoms with van der Waals surface area (Å²) in [6.45, 7) is 1.88. The molecule has 0 spiro atoms. The molecule has 0 atom stereocenters. The topological polar surface area (TPSA) is 55.2 Å². The van der Waals surface area contributed by atoms with Gasteiger partial charge in [0, 0.05) is 43.3 Å². The zero-order valence-electron chi connectivity index (χ0n) is 9.88. The van der Waals surface area contributed by atoms with Gasteiger partial charge < -0.3 is 5.32 Å². The monoisotopic (exact) mass is 316 g/mol. The number of hydrogen-bond acceptors (Lipinski definition) is 3. The van der Waals surface area contributed by atoms with E-state index < -0.39 is 4.92 Å². The van der Waals surface area contributed by atoms with Gasteiger partial charge in [-0.05, 0) is 12.1 Å². The Bertz CT molecular complexity index is 544. The van der Waals surface area contributed by atoms with Crippen LogP contribution in [-0.4, -0.2) is 4.92 Å². The fourth-order valence-electron chi connectivity index (χ4n) is 1.47. The van der Waals surface area contributed by atoms with Crippen LogP contribution in [0.2, 0.25) is 0 Å². The van der Waals surface area contributed by atoms with Crippen LogP contribution in [0, 0.1) is 23.1 Å². The maximum atomic E-state index is 10.7. The Morgan fingerprint density at radius 3 is 2.56 bits per heavy atom. The molecule has 1 radical (unpaired) electrons. The van der Waals surface area contributed by atoms with Gasteiger partial charge in [-0.15, -0.1) is 11.6 Å². The molecular weight excluding hydrogens is 305 g/mol. The molecule has 18 heavy (non-hydrogen) atoms. The first kappa shape index (κ1) is 14.8. The number of hydrogen-bond donors (Lipinski definition) is 1. The standard InChI is InChI=1S/C13H11N2O2.Y/c1-10-7-8-12(15(16)17)9-13(10)14-11-5-3-2-4-6-11;/h2-7,9,14H,1H3;/q-1;. The summed E-state index contributed by atoms with van der Waals surface area (Å²) in [5.74, 6) is 0. The van der Waals surface area contributed by atoms with Crippen LogP contribution >= 0.6 is 0 Å². The molecule has 2 rings (SSSR count). The van der Waals surface area contributed by atoms with Crippen LogP contribution in [0.4, 0.5) is 17.1 Å². The number of nitro benzene ring substituents is 1. The fraction of sp³-hybridized carbons (Fsp3) is 0.0769. The molecule has 0 unspecified atom stereocenters. The minimum absolute atomic E-state index is 0. The van der Waals surface area contributed by atoms with Crippen molar-refractivity contribution in [3.63, 3.8) is 0 Å². The van der Waals surface area contributed by atoms with Gasteiger partial charge >= 0.3 is 0 Å². The molecule has 1 N–H and O–H groups in total. The molecule has 0 aliphatic rings. The summed E-state index contributed by atoms with van der Waals surface area (Å²) < 4.78 is 0. The molecule has 0 aromatic heterocycles. The van der Waals surface area contributed by atoms with Gasteiger partial charge in [-0.2, -0.15) is 6.07 Å². The third kappa shape index (κ3) is 3.62. The largest absolute Gasteiger partial charge is 0.378 e. The fourth-order valence-corrected chi connectivity index (χ4v) is 1.47. The van der Waals surface area contributed by atoms with Gasteiger partial charge in [0.25, 0.3) is 0 Å². The van der Waals surface area contributed by atoms with E-state index >= 15 is 0 Å². The molecule has 2 aromatic rings. The summed E-state index contributed by atoms with van der Waals surface area (Å²) in [5.41, 5.74) is 2.51. The number of nitro groups is 1. The van der Waals surface area contributed by atoms with Crippen molar-refractivity contribution in [2.45, 2.75) is 6.92 Å². The number of rotatable bonds is 3. The third-order valence-corrected chi connectivity index (χ3v) is 2.39. The molecule has 0 bridgehead atoms. The molecule has 0 saturated heterocycles. The number of nitrogens with zero attached hydrogens (tertiary/aromatic N) is 1. The van der Waals surface area contributed by atoms with Crippen LogP contribution in [0.3, 0.4) is 0 Å². The Hall–Kier alpha value is -1.26. The number of anilines is 2. The van der Waals surface area contributed by atoms with Crippen molar-refractivity contribution >= 4 is 17.1 Å². The summed E-state index contributed by atoms with van der Waals surface area (Å²) >= 11 is 0. The average Bonchev–Trinajstić information content (AvgIpc) is 2.33. The normalized spacial score (nSPS) is 9.39. The van der Waals surface area contributed by atoms with Crippen molar-refractivity contribution in [2.75, 3.05) is 5.32 Å². The van der Waals surface area contributed by atoms with Crippen molar-refractivity contribution in [3.05, 3.63) is 64.2 Å². The van der Waals surface area contributed by atoms with E-state index in [0.717, 1.165) is 16.9 Å². The first-order valence-electron chi connectivity index (χ1n) is 5.15. The summed E-state index contributed by atoms with van der Waals surface area (Å²) in [5, 5.41) is 13.8. The summed E-state index contributed by atoms with van der Waals surface area (Å²) in [6, 6.07) is 15.3. The minimum Gasteiger partial charge on any atom is -0.378 e. The first-order chi connectivity index (χ1) is 8.16. The summed E-state index contributed by atoms with van der Waals surface area (Å²) in [4.78, 5) is 10.2. The van der Waals surface area contributed by atoms with Crippen LogP contribution in [0.15, 0.2) is 42.5 Å². The molecule has 0 heterocycles. The molecule has 89 valence electrons. The van der Waals surface area contributed by atoms with Crippen molar-refractivity contribution < 1.29 is 37.6 Å². The van der Waals surface area contributed by atoms with Crippen molar-refractivity contribution in [1.29, 1.82) is 0 Å². The first-order valence-corrected chi connectivity index (χ1v) is 5.15. The van der Waals surface area contributed by atoms with Gasteiger partial charge in [-0.25, -0.2) is 0 Å². The van der Waals surface area contributed by atoms with Crippen LogP contribution in [0.1, 0.15) is 5.56 Å². The summed E-state index contributed by atoms with van der Waals surface area (Å²) in [6.07, 6.45) is 0. The Balaban J connectivity index is 0.00000162. The third-order valence-electron chi connectivity index (χ3n) is 2.39. The predicted molar refractivity (Wildman–Crippen MR) is 66.4 cm³/mol. The number of para-hydroxylation sites is 1. The molecular formula is C13H11N2O2Y-. The Morgan fingerprint density at radius 2 is 1.94 bits per heavy atom. The number of non-ortho nitro benzene ring substituents is 1. The second kappa shape index (κ2) is 6.62. The van der Waals surface area contributed by atoms with E-state index in [9.17, 15) is 10.1 Å². The van der Waals surface area contributed by atoms with Crippen molar-refractivity contribution in [1.82, 2.24) is 0 Å². The van der Waals surface area contributed by atoms with E-state index in [4.69, 9.17) is 0 Å². The molecule has 0 aliphatic carbocycles. The Kier molecular flexibility index (Phi) is 5.44. The van der Waals surface area contributed by atoms with Crippen LogP contribution < -0.4 is 5.32 Å². The second-order valence-corrected chi connectivity index (χ2v) is 3.66. The van der Waals surface area contributed by atoms with Crippen LogP contribution in [-0.2, 0) is 32.7 Å². The van der Waals surface area contributed by atoms with E-state index in [-0.39, 0.29) is 38.4 Å². The maximum Gasteiger partial charge on any atom is 0.164 e. The number of aryl methyl sites for hydroxylation is 1. The van der Waals surface area contributed by atoms with E-state index in [2.05, 4.69) is 11.4 Å². The molecule has 0 aliphatic heterocycles. The van der Waals surface area contributed by atoms with Gasteiger partial charge in [0.15, 0.2) is 5.69 Å². The zero-order valence-corrected chi connectivity index (χ0v) is 12.7. The van der Waals surface area contributed by atoms with Crippen LogP contribution in [0.5, 0.6) is 0 Å². The molecule has 4 nitrogen and oxygen atoms in total. The van der Waals surface area contributed by atoms with Gasteiger partial charge in [0.2, 0.25) is 0 Å². The zero-order chi connectivity index (χ0) is 12.3. The molecule has 5 heteroatoms. The van der Waals surface area contributed by atoms with Gasteiger partial charge in [0.1, 0.15) is 0 Å². The maximum absolute atomic E-state index is 10.7. The molecule has 2 aromatic carbocycles. The molecule has 0 saturated carbocycles. The molecule has 0 amide bonds. The predicted octanol–water partition coefficient (Wildman–Crippen LogP) is 3.44. The van der Waals surface area contributed by atoms with E-state index in [0.29, 0.717) is 0 Å². The smallest absolute Gasteiger partial charge is 0.164 e.